The lowest BCUT2D eigenvalue weighted by atomic mass is 10.4. The second-order valence-electron chi connectivity index (χ2n) is 2.62. The average Bonchev–Trinajstić information content (AvgIpc) is 2.63. The van der Waals surface area contributed by atoms with E-state index in [0.717, 1.165) is 12.6 Å². The first-order chi connectivity index (χ1) is 4.34. The third-order valence-electron chi connectivity index (χ3n) is 1.75. The minimum Gasteiger partial charge on any atom is -0.302 e. The Morgan fingerprint density at radius 1 is 1.67 bits per heavy atom. The van der Waals surface area contributed by atoms with Crippen LogP contribution in [-0.2, 0) is 0 Å². The van der Waals surface area contributed by atoms with Crippen LogP contribution in [0.25, 0.3) is 0 Å². The fourth-order valence-corrected chi connectivity index (χ4v) is 0.924. The molecule has 0 aromatic heterocycles. The molecule has 0 saturated heterocycles. The third kappa shape index (κ3) is 2.03. The van der Waals surface area contributed by atoms with Crippen molar-refractivity contribution in [2.45, 2.75) is 25.3 Å². The molecule has 1 aliphatic rings. The topological polar surface area (TPSA) is 27.0 Å². The van der Waals surface area contributed by atoms with Crippen molar-refractivity contribution >= 4 is 0 Å². The first-order valence-corrected chi connectivity index (χ1v) is 3.42. The molecular weight excluding hydrogens is 112 g/mol. The Hall–Kier alpha value is -0.550. The molecule has 1 rings (SSSR count). The summed E-state index contributed by atoms with van der Waals surface area (Å²) in [5, 5.41) is 8.24. The summed E-state index contributed by atoms with van der Waals surface area (Å²) in [7, 11) is 2.09. The molecule has 50 valence electrons. The molecule has 0 radical (unpaired) electrons. The number of nitrogens with zero attached hydrogens (tertiary/aromatic N) is 2. The van der Waals surface area contributed by atoms with E-state index in [1.54, 1.807) is 0 Å². The number of hydrogen-bond acceptors (Lipinski definition) is 2. The van der Waals surface area contributed by atoms with Crippen LogP contribution < -0.4 is 0 Å². The summed E-state index contributed by atoms with van der Waals surface area (Å²) < 4.78 is 0. The van der Waals surface area contributed by atoms with Gasteiger partial charge in [0, 0.05) is 19.0 Å². The highest BCUT2D eigenvalue weighted by Gasteiger charge is 2.25. The Morgan fingerprint density at radius 3 is 2.78 bits per heavy atom. The van der Waals surface area contributed by atoms with E-state index in [-0.39, 0.29) is 0 Å². The first-order valence-electron chi connectivity index (χ1n) is 3.42. The Bertz CT molecular complexity index is 121. The van der Waals surface area contributed by atoms with Crippen molar-refractivity contribution in [1.29, 1.82) is 5.26 Å². The molecule has 0 atom stereocenters. The average molecular weight is 124 g/mol. The highest BCUT2D eigenvalue weighted by molar-refractivity contribution is 4.84. The van der Waals surface area contributed by atoms with Gasteiger partial charge in [-0.3, -0.25) is 0 Å². The molecule has 9 heavy (non-hydrogen) atoms. The van der Waals surface area contributed by atoms with Crippen molar-refractivity contribution in [2.75, 3.05) is 13.6 Å². The van der Waals surface area contributed by atoms with Gasteiger partial charge in [-0.15, -0.1) is 0 Å². The Balaban J connectivity index is 2.04. The predicted octanol–water partition coefficient (Wildman–Crippen LogP) is 0.994. The number of rotatable bonds is 3. The molecule has 2 heteroatoms. The fourth-order valence-electron chi connectivity index (χ4n) is 0.924. The van der Waals surface area contributed by atoms with E-state index in [9.17, 15) is 0 Å². The highest BCUT2D eigenvalue weighted by atomic mass is 15.1. The maximum Gasteiger partial charge on any atom is 0.0635 e. The summed E-state index contributed by atoms with van der Waals surface area (Å²) in [6.07, 6.45) is 3.34. The van der Waals surface area contributed by atoms with Gasteiger partial charge in [-0.2, -0.15) is 5.26 Å². The molecule has 1 aliphatic carbocycles. The van der Waals surface area contributed by atoms with Crippen molar-refractivity contribution in [3.05, 3.63) is 0 Å². The zero-order valence-corrected chi connectivity index (χ0v) is 5.80. The van der Waals surface area contributed by atoms with Gasteiger partial charge in [-0.1, -0.05) is 0 Å². The molecule has 0 unspecified atom stereocenters. The van der Waals surface area contributed by atoms with Crippen LogP contribution in [0, 0.1) is 11.3 Å². The number of hydrogen-bond donors (Lipinski definition) is 0. The summed E-state index contributed by atoms with van der Waals surface area (Å²) in [5.74, 6) is 0. The van der Waals surface area contributed by atoms with Crippen LogP contribution >= 0.6 is 0 Å². The standard InChI is InChI=1S/C7H12N2/c1-9(6-2-5-8)7-3-4-7/h7H,2-4,6H2,1H3. The summed E-state index contributed by atoms with van der Waals surface area (Å²) in [5.41, 5.74) is 0. The van der Waals surface area contributed by atoms with Crippen LogP contribution in [-0.4, -0.2) is 24.5 Å². The second kappa shape index (κ2) is 2.84. The van der Waals surface area contributed by atoms with Crippen molar-refractivity contribution in [2.24, 2.45) is 0 Å². The minimum atomic E-state index is 0.674. The van der Waals surface area contributed by atoms with E-state index in [2.05, 4.69) is 18.0 Å². The molecule has 1 saturated carbocycles. The highest BCUT2D eigenvalue weighted by Crippen LogP contribution is 2.24. The van der Waals surface area contributed by atoms with Gasteiger partial charge in [-0.25, -0.2) is 0 Å². The largest absolute Gasteiger partial charge is 0.302 e. The molecule has 0 heterocycles. The van der Waals surface area contributed by atoms with Crippen LogP contribution in [0.3, 0.4) is 0 Å². The molecule has 1 fully saturated rings. The van der Waals surface area contributed by atoms with Crippen LogP contribution in [0.5, 0.6) is 0 Å². The van der Waals surface area contributed by atoms with Gasteiger partial charge in [0.15, 0.2) is 0 Å². The molecular formula is C7H12N2. The van der Waals surface area contributed by atoms with E-state index in [4.69, 9.17) is 5.26 Å². The van der Waals surface area contributed by atoms with Crippen molar-refractivity contribution < 1.29 is 0 Å². The van der Waals surface area contributed by atoms with E-state index in [0.29, 0.717) is 6.42 Å². The normalized spacial score (nSPS) is 17.9. The quantitative estimate of drug-likeness (QED) is 0.561. The van der Waals surface area contributed by atoms with E-state index in [1.165, 1.54) is 12.8 Å². The summed E-state index contributed by atoms with van der Waals surface area (Å²) in [4.78, 5) is 2.27. The van der Waals surface area contributed by atoms with Crippen molar-refractivity contribution in [3.8, 4) is 6.07 Å². The molecule has 2 nitrogen and oxygen atoms in total. The molecule has 0 bridgehead atoms. The zero-order valence-electron chi connectivity index (χ0n) is 5.80. The number of nitriles is 1. The van der Waals surface area contributed by atoms with Gasteiger partial charge in [-0.05, 0) is 19.9 Å². The SMILES string of the molecule is CN(CCC#N)C1CC1. The summed E-state index contributed by atoms with van der Waals surface area (Å²) >= 11 is 0. The summed E-state index contributed by atoms with van der Waals surface area (Å²) in [6.45, 7) is 0.946. The van der Waals surface area contributed by atoms with E-state index in [1.807, 2.05) is 0 Å². The first kappa shape index (κ1) is 6.57. The predicted molar refractivity (Wildman–Crippen MR) is 35.9 cm³/mol. The lowest BCUT2D eigenvalue weighted by Gasteiger charge is -2.11. The monoisotopic (exact) mass is 124 g/mol. The molecule has 0 amide bonds. The minimum absolute atomic E-state index is 0.674. The Labute approximate surface area is 56.1 Å². The van der Waals surface area contributed by atoms with Gasteiger partial charge < -0.3 is 4.90 Å². The third-order valence-corrected chi connectivity index (χ3v) is 1.75. The van der Waals surface area contributed by atoms with Crippen molar-refractivity contribution in [3.63, 3.8) is 0 Å². The van der Waals surface area contributed by atoms with Crippen molar-refractivity contribution in [1.82, 2.24) is 4.90 Å². The van der Waals surface area contributed by atoms with Gasteiger partial charge in [0.25, 0.3) is 0 Å². The smallest absolute Gasteiger partial charge is 0.0635 e. The molecule has 0 aromatic rings. The maximum absolute atomic E-state index is 8.24. The molecule has 0 aromatic carbocycles. The van der Waals surface area contributed by atoms with E-state index < -0.39 is 0 Å². The maximum atomic E-state index is 8.24. The molecule has 0 aliphatic heterocycles. The van der Waals surface area contributed by atoms with Gasteiger partial charge in [0.2, 0.25) is 0 Å². The Morgan fingerprint density at radius 2 is 2.33 bits per heavy atom. The van der Waals surface area contributed by atoms with Gasteiger partial charge in [0.05, 0.1) is 6.07 Å². The van der Waals surface area contributed by atoms with Crippen LogP contribution in [0.15, 0.2) is 0 Å². The van der Waals surface area contributed by atoms with Gasteiger partial charge >= 0.3 is 0 Å². The fraction of sp³-hybridized carbons (Fsp3) is 0.857. The van der Waals surface area contributed by atoms with E-state index >= 15 is 0 Å². The molecule has 0 N–H and O–H groups in total. The second-order valence-corrected chi connectivity index (χ2v) is 2.62. The molecule has 0 spiro atoms. The van der Waals surface area contributed by atoms with Crippen LogP contribution in [0.1, 0.15) is 19.3 Å². The zero-order chi connectivity index (χ0) is 6.69. The van der Waals surface area contributed by atoms with Gasteiger partial charge in [0.1, 0.15) is 0 Å². The Kier molecular flexibility index (Phi) is 2.07. The van der Waals surface area contributed by atoms with Crippen LogP contribution in [0.2, 0.25) is 0 Å². The lowest BCUT2D eigenvalue weighted by molar-refractivity contribution is 0.332. The van der Waals surface area contributed by atoms with Crippen LogP contribution in [0.4, 0.5) is 0 Å². The lowest BCUT2D eigenvalue weighted by Crippen LogP contribution is -2.21. The summed E-state index contributed by atoms with van der Waals surface area (Å²) in [6, 6.07) is 2.94.